The molecule has 0 saturated heterocycles. The summed E-state index contributed by atoms with van der Waals surface area (Å²) >= 11 is 0. The molecule has 7 heteroatoms. The predicted molar refractivity (Wildman–Crippen MR) is 58.2 cm³/mol. The Morgan fingerprint density at radius 3 is 2.50 bits per heavy atom. The molecular weight excluding hydrogens is 228 g/mol. The van der Waals surface area contributed by atoms with Gasteiger partial charge in [0, 0.05) is 5.41 Å². The number of primary sulfonamides is 1. The van der Waals surface area contributed by atoms with E-state index in [1.165, 1.54) is 0 Å². The molecule has 1 aliphatic carbocycles. The van der Waals surface area contributed by atoms with Gasteiger partial charge in [0.25, 0.3) is 15.2 Å². The van der Waals surface area contributed by atoms with Gasteiger partial charge in [0.2, 0.25) is 0 Å². The van der Waals surface area contributed by atoms with Gasteiger partial charge in [-0.3, -0.25) is 5.10 Å². The molecule has 0 amide bonds. The molecule has 0 unspecified atom stereocenters. The summed E-state index contributed by atoms with van der Waals surface area (Å²) in [5.41, 5.74) is -0.0318. The molecule has 1 aromatic rings. The van der Waals surface area contributed by atoms with Crippen molar-refractivity contribution in [1.82, 2.24) is 15.2 Å². The predicted octanol–water partition coefficient (Wildman–Crippen LogP) is 0.674. The van der Waals surface area contributed by atoms with E-state index in [1.54, 1.807) is 0 Å². The zero-order valence-corrected chi connectivity index (χ0v) is 10.0. The summed E-state index contributed by atoms with van der Waals surface area (Å²) in [5.74, 6) is 0.663. The van der Waals surface area contributed by atoms with E-state index in [0.29, 0.717) is 5.82 Å². The van der Waals surface area contributed by atoms with Crippen molar-refractivity contribution in [3.05, 3.63) is 5.82 Å². The van der Waals surface area contributed by atoms with Crippen LogP contribution in [0.4, 0.5) is 0 Å². The fraction of sp³-hybridized carbons (Fsp3) is 0.778. The number of nitrogens with zero attached hydrogens (tertiary/aromatic N) is 2. The van der Waals surface area contributed by atoms with Crippen LogP contribution in [-0.2, 0) is 15.4 Å². The number of H-pyrrole nitrogens is 1. The molecule has 1 aliphatic rings. The molecule has 90 valence electrons. The summed E-state index contributed by atoms with van der Waals surface area (Å²) in [6.07, 6.45) is 5.30. The van der Waals surface area contributed by atoms with Crippen LogP contribution in [0.3, 0.4) is 0 Å². The molecule has 2 rings (SSSR count). The quantitative estimate of drug-likeness (QED) is 0.815. The van der Waals surface area contributed by atoms with Crippen LogP contribution in [0.5, 0.6) is 0 Å². The Morgan fingerprint density at radius 1 is 1.44 bits per heavy atom. The maximum atomic E-state index is 11.1. The van der Waals surface area contributed by atoms with Crippen LogP contribution in [0.15, 0.2) is 5.16 Å². The highest BCUT2D eigenvalue weighted by Crippen LogP contribution is 2.41. The van der Waals surface area contributed by atoms with Crippen LogP contribution >= 0.6 is 0 Å². The van der Waals surface area contributed by atoms with Gasteiger partial charge < -0.3 is 0 Å². The van der Waals surface area contributed by atoms with E-state index >= 15 is 0 Å². The molecule has 1 saturated carbocycles. The SMILES string of the molecule is CCC1(c2nc(S(N)(=O)=O)n[nH]2)CCCC1. The first kappa shape index (κ1) is 11.5. The van der Waals surface area contributed by atoms with Crippen LogP contribution in [0.1, 0.15) is 44.9 Å². The highest BCUT2D eigenvalue weighted by Gasteiger charge is 2.37. The first-order valence-corrected chi connectivity index (χ1v) is 6.98. The van der Waals surface area contributed by atoms with E-state index in [9.17, 15) is 8.42 Å². The van der Waals surface area contributed by atoms with Crippen molar-refractivity contribution in [3.63, 3.8) is 0 Å². The molecule has 3 N–H and O–H groups in total. The topological polar surface area (TPSA) is 102 Å². The second-order valence-electron chi connectivity index (χ2n) is 4.35. The second-order valence-corrected chi connectivity index (χ2v) is 5.81. The fourth-order valence-corrected chi connectivity index (χ4v) is 2.81. The van der Waals surface area contributed by atoms with Crippen molar-refractivity contribution in [1.29, 1.82) is 0 Å². The summed E-state index contributed by atoms with van der Waals surface area (Å²) in [4.78, 5) is 4.03. The van der Waals surface area contributed by atoms with E-state index in [4.69, 9.17) is 5.14 Å². The lowest BCUT2D eigenvalue weighted by Crippen LogP contribution is -2.23. The van der Waals surface area contributed by atoms with Crippen molar-refractivity contribution in [3.8, 4) is 0 Å². The van der Waals surface area contributed by atoms with Gasteiger partial charge in [0.15, 0.2) is 0 Å². The van der Waals surface area contributed by atoms with Crippen molar-refractivity contribution in [2.75, 3.05) is 0 Å². The van der Waals surface area contributed by atoms with E-state index in [0.717, 1.165) is 32.1 Å². The van der Waals surface area contributed by atoms with Gasteiger partial charge in [-0.2, -0.15) is 0 Å². The van der Waals surface area contributed by atoms with Crippen LogP contribution in [0.2, 0.25) is 0 Å². The smallest absolute Gasteiger partial charge is 0.261 e. The minimum absolute atomic E-state index is 0.0318. The first-order chi connectivity index (χ1) is 7.48. The van der Waals surface area contributed by atoms with Gasteiger partial charge in [-0.25, -0.2) is 18.5 Å². The van der Waals surface area contributed by atoms with Crippen molar-refractivity contribution in [2.45, 2.75) is 49.6 Å². The zero-order chi connectivity index (χ0) is 11.8. The molecule has 0 radical (unpaired) electrons. The Hall–Kier alpha value is -0.950. The lowest BCUT2D eigenvalue weighted by Gasteiger charge is -2.23. The van der Waals surface area contributed by atoms with E-state index in [2.05, 4.69) is 22.1 Å². The molecule has 16 heavy (non-hydrogen) atoms. The molecule has 1 aromatic heterocycles. The van der Waals surface area contributed by atoms with Gasteiger partial charge in [-0.15, -0.1) is 5.10 Å². The normalized spacial score (nSPS) is 20.1. The minimum atomic E-state index is -3.80. The Labute approximate surface area is 94.7 Å². The third-order valence-corrected chi connectivity index (χ3v) is 4.15. The van der Waals surface area contributed by atoms with Crippen LogP contribution in [-0.4, -0.2) is 23.6 Å². The third kappa shape index (κ3) is 1.84. The number of aromatic nitrogens is 3. The van der Waals surface area contributed by atoms with Crippen LogP contribution < -0.4 is 5.14 Å². The standard InChI is InChI=1S/C9H16N4O2S/c1-2-9(5-3-4-6-9)7-11-8(13-12-7)16(10,14)15/h2-6H2,1H3,(H2,10,14,15)(H,11,12,13). The van der Waals surface area contributed by atoms with E-state index in [1.807, 2.05) is 0 Å². The summed E-state index contributed by atoms with van der Waals surface area (Å²) in [6, 6.07) is 0. The van der Waals surface area contributed by atoms with Crippen LogP contribution in [0, 0.1) is 0 Å². The van der Waals surface area contributed by atoms with Gasteiger partial charge in [0.1, 0.15) is 5.82 Å². The Bertz CT molecular complexity index is 473. The molecule has 1 fully saturated rings. The Balaban J connectivity index is 2.37. The largest absolute Gasteiger partial charge is 0.282 e. The van der Waals surface area contributed by atoms with Gasteiger partial charge in [-0.1, -0.05) is 19.8 Å². The maximum absolute atomic E-state index is 11.1. The minimum Gasteiger partial charge on any atom is -0.261 e. The van der Waals surface area contributed by atoms with Crippen molar-refractivity contribution < 1.29 is 8.42 Å². The molecule has 0 spiro atoms. The number of sulfonamides is 1. The number of hydrogen-bond donors (Lipinski definition) is 2. The van der Waals surface area contributed by atoms with Gasteiger partial charge in [0.05, 0.1) is 0 Å². The zero-order valence-electron chi connectivity index (χ0n) is 9.23. The molecule has 0 aliphatic heterocycles. The highest BCUT2D eigenvalue weighted by atomic mass is 32.2. The third-order valence-electron chi connectivity index (χ3n) is 3.46. The fourth-order valence-electron chi connectivity index (χ4n) is 2.42. The highest BCUT2D eigenvalue weighted by molar-refractivity contribution is 7.89. The van der Waals surface area contributed by atoms with Gasteiger partial charge >= 0.3 is 0 Å². The lowest BCUT2D eigenvalue weighted by molar-refractivity contribution is 0.399. The number of nitrogens with one attached hydrogen (secondary N) is 1. The number of rotatable bonds is 3. The Kier molecular flexibility index (Phi) is 2.75. The molecule has 0 aromatic carbocycles. The number of aromatic amines is 1. The lowest BCUT2D eigenvalue weighted by atomic mass is 9.83. The van der Waals surface area contributed by atoms with Crippen molar-refractivity contribution in [2.24, 2.45) is 5.14 Å². The number of hydrogen-bond acceptors (Lipinski definition) is 4. The summed E-state index contributed by atoms with van der Waals surface area (Å²) in [7, 11) is -3.80. The molecule has 6 nitrogen and oxygen atoms in total. The van der Waals surface area contributed by atoms with E-state index in [-0.39, 0.29) is 10.6 Å². The van der Waals surface area contributed by atoms with Gasteiger partial charge in [-0.05, 0) is 19.3 Å². The van der Waals surface area contributed by atoms with Crippen LogP contribution in [0.25, 0.3) is 0 Å². The summed E-state index contributed by atoms with van der Waals surface area (Å²) in [6.45, 7) is 2.09. The van der Waals surface area contributed by atoms with E-state index < -0.39 is 10.0 Å². The molecule has 1 heterocycles. The molecule has 0 atom stereocenters. The monoisotopic (exact) mass is 244 g/mol. The summed E-state index contributed by atoms with van der Waals surface area (Å²) in [5, 5.41) is 11.1. The maximum Gasteiger partial charge on any atom is 0.282 e. The average molecular weight is 244 g/mol. The molecule has 0 bridgehead atoms. The first-order valence-electron chi connectivity index (χ1n) is 5.44. The van der Waals surface area contributed by atoms with Crippen molar-refractivity contribution >= 4 is 10.0 Å². The summed E-state index contributed by atoms with van der Waals surface area (Å²) < 4.78 is 22.2. The Morgan fingerprint density at radius 2 is 2.06 bits per heavy atom. The number of nitrogens with two attached hydrogens (primary N) is 1. The average Bonchev–Trinajstić information content (AvgIpc) is 2.86. The second kappa shape index (κ2) is 3.81. The molecular formula is C9H16N4O2S.